The van der Waals surface area contributed by atoms with Gasteiger partial charge in [0.05, 0.1) is 12.9 Å². The van der Waals surface area contributed by atoms with Gasteiger partial charge in [0.25, 0.3) is 0 Å². The second kappa shape index (κ2) is 9.77. The lowest BCUT2D eigenvalue weighted by Gasteiger charge is -2.03. The van der Waals surface area contributed by atoms with E-state index in [1.54, 1.807) is 0 Å². The molecule has 0 fully saturated rings. The Bertz CT molecular complexity index is 180. The topological polar surface area (TPSA) is 55.4 Å². The summed E-state index contributed by atoms with van der Waals surface area (Å²) >= 11 is 0. The number of nitrogens with one attached hydrogen (secondary N) is 1. The molecule has 0 saturated carbocycles. The second-order valence-electron chi connectivity index (χ2n) is 2.80. The van der Waals surface area contributed by atoms with E-state index in [4.69, 9.17) is 4.74 Å². The van der Waals surface area contributed by atoms with Gasteiger partial charge in [0.1, 0.15) is 6.29 Å². The van der Waals surface area contributed by atoms with Crippen molar-refractivity contribution < 1.29 is 14.3 Å². The molecule has 0 heterocycles. The predicted octanol–water partition coefficient (Wildman–Crippen LogP) is 1.02. The summed E-state index contributed by atoms with van der Waals surface area (Å²) in [5.41, 5.74) is 0. The molecule has 0 aliphatic heterocycles. The van der Waals surface area contributed by atoms with Gasteiger partial charge in [-0.15, -0.1) is 0 Å². The maximum atomic E-state index is 11.1. The first-order valence-electron chi connectivity index (χ1n) is 4.74. The molecule has 0 aliphatic rings. The van der Waals surface area contributed by atoms with Crippen LogP contribution in [0.4, 0.5) is 0 Å². The van der Waals surface area contributed by atoms with E-state index in [9.17, 15) is 9.59 Å². The fourth-order valence-corrected chi connectivity index (χ4v) is 0.901. The van der Waals surface area contributed by atoms with E-state index in [0.717, 1.165) is 12.7 Å². The summed E-state index contributed by atoms with van der Waals surface area (Å²) in [6, 6.07) is 0. The molecule has 0 aromatic carbocycles. The number of aldehydes is 1. The molecule has 1 N–H and O–H groups in total. The van der Waals surface area contributed by atoms with Gasteiger partial charge >= 0.3 is 0 Å². The summed E-state index contributed by atoms with van der Waals surface area (Å²) < 4.78 is 4.88. The smallest absolute Gasteiger partial charge is 0.220 e. The van der Waals surface area contributed by atoms with Crippen LogP contribution in [0.1, 0.15) is 25.7 Å². The quantitative estimate of drug-likeness (QED) is 0.343. The Balaban J connectivity index is 3.17. The fourth-order valence-electron chi connectivity index (χ4n) is 0.901. The van der Waals surface area contributed by atoms with Crippen molar-refractivity contribution in [3.05, 3.63) is 12.8 Å². The van der Waals surface area contributed by atoms with Crippen LogP contribution in [0.25, 0.3) is 0 Å². The summed E-state index contributed by atoms with van der Waals surface area (Å²) in [6.45, 7) is 4.57. The number of hydrogen-bond donors (Lipinski definition) is 1. The van der Waals surface area contributed by atoms with Crippen LogP contribution in [0.3, 0.4) is 0 Å². The molecular weight excluding hydrogens is 182 g/mol. The minimum atomic E-state index is -0.00884. The molecule has 4 nitrogen and oxygen atoms in total. The van der Waals surface area contributed by atoms with Crippen molar-refractivity contribution in [1.29, 1.82) is 0 Å². The fraction of sp³-hybridized carbons (Fsp3) is 0.600. The first-order chi connectivity index (χ1) is 6.81. The Morgan fingerprint density at radius 1 is 1.43 bits per heavy atom. The van der Waals surface area contributed by atoms with Gasteiger partial charge in [0.15, 0.2) is 0 Å². The van der Waals surface area contributed by atoms with Crippen LogP contribution in [-0.4, -0.2) is 25.3 Å². The number of amides is 1. The van der Waals surface area contributed by atoms with E-state index in [1.807, 2.05) is 0 Å². The number of ether oxygens (including phenoxy) is 1. The lowest BCUT2D eigenvalue weighted by atomic mass is 10.2. The maximum absolute atomic E-state index is 11.1. The zero-order valence-corrected chi connectivity index (χ0v) is 8.33. The summed E-state index contributed by atoms with van der Waals surface area (Å²) in [7, 11) is 0. The van der Waals surface area contributed by atoms with Crippen molar-refractivity contribution in [2.45, 2.75) is 25.7 Å². The zero-order chi connectivity index (χ0) is 10.6. The van der Waals surface area contributed by atoms with Gasteiger partial charge in [-0.25, -0.2) is 0 Å². The van der Waals surface area contributed by atoms with Gasteiger partial charge < -0.3 is 14.8 Å². The molecule has 80 valence electrons. The molecule has 0 aromatic heterocycles. The van der Waals surface area contributed by atoms with Gasteiger partial charge in [-0.1, -0.05) is 6.58 Å². The molecule has 0 saturated heterocycles. The van der Waals surface area contributed by atoms with E-state index in [-0.39, 0.29) is 5.91 Å². The third kappa shape index (κ3) is 8.77. The van der Waals surface area contributed by atoms with Crippen molar-refractivity contribution in [3.63, 3.8) is 0 Å². The maximum Gasteiger partial charge on any atom is 0.220 e. The number of carbonyl (C=O) groups excluding carboxylic acids is 2. The van der Waals surface area contributed by atoms with Gasteiger partial charge in [-0.05, 0) is 12.8 Å². The minimum Gasteiger partial charge on any atom is -0.502 e. The molecule has 14 heavy (non-hydrogen) atoms. The van der Waals surface area contributed by atoms with Gasteiger partial charge in [-0.2, -0.15) is 0 Å². The first-order valence-corrected chi connectivity index (χ1v) is 4.74. The lowest BCUT2D eigenvalue weighted by Crippen LogP contribution is -2.24. The van der Waals surface area contributed by atoms with Crippen LogP contribution < -0.4 is 5.32 Å². The van der Waals surface area contributed by atoms with E-state index < -0.39 is 0 Å². The molecule has 0 radical (unpaired) electrons. The van der Waals surface area contributed by atoms with E-state index in [2.05, 4.69) is 11.9 Å². The molecule has 4 heteroatoms. The van der Waals surface area contributed by atoms with Crippen LogP contribution >= 0.6 is 0 Å². The zero-order valence-electron chi connectivity index (χ0n) is 8.33. The molecule has 0 bridgehead atoms. The Labute approximate surface area is 84.3 Å². The molecule has 0 unspecified atom stereocenters. The highest BCUT2D eigenvalue weighted by atomic mass is 16.5. The average molecular weight is 199 g/mol. The highest BCUT2D eigenvalue weighted by Crippen LogP contribution is 1.92. The summed E-state index contributed by atoms with van der Waals surface area (Å²) in [4.78, 5) is 21.0. The van der Waals surface area contributed by atoms with Crippen molar-refractivity contribution in [1.82, 2.24) is 5.32 Å². The normalized spacial score (nSPS) is 9.14. The Hall–Kier alpha value is -1.32. The number of rotatable bonds is 9. The largest absolute Gasteiger partial charge is 0.502 e. The molecule has 0 aliphatic carbocycles. The third-order valence-electron chi connectivity index (χ3n) is 1.60. The third-order valence-corrected chi connectivity index (χ3v) is 1.60. The van der Waals surface area contributed by atoms with Gasteiger partial charge in [0.2, 0.25) is 5.91 Å². The highest BCUT2D eigenvalue weighted by molar-refractivity contribution is 5.76. The van der Waals surface area contributed by atoms with Crippen molar-refractivity contribution in [3.8, 4) is 0 Å². The van der Waals surface area contributed by atoms with Crippen LogP contribution in [-0.2, 0) is 14.3 Å². The second-order valence-corrected chi connectivity index (χ2v) is 2.80. The SMILES string of the molecule is C=COCCCNC(=O)CCCC=O. The minimum absolute atomic E-state index is 0.00884. The Morgan fingerprint density at radius 2 is 2.21 bits per heavy atom. The Kier molecular flexibility index (Phi) is 8.84. The molecule has 0 spiro atoms. The average Bonchev–Trinajstić information content (AvgIpc) is 2.18. The van der Waals surface area contributed by atoms with E-state index in [0.29, 0.717) is 32.4 Å². The van der Waals surface area contributed by atoms with E-state index in [1.165, 1.54) is 6.26 Å². The highest BCUT2D eigenvalue weighted by Gasteiger charge is 1.98. The van der Waals surface area contributed by atoms with Crippen LogP contribution in [0.2, 0.25) is 0 Å². The van der Waals surface area contributed by atoms with Crippen LogP contribution in [0.15, 0.2) is 12.8 Å². The molecule has 1 amide bonds. The molecular formula is C10H17NO3. The van der Waals surface area contributed by atoms with Crippen molar-refractivity contribution in [2.75, 3.05) is 13.2 Å². The summed E-state index contributed by atoms with van der Waals surface area (Å²) in [6.07, 6.45) is 4.47. The van der Waals surface area contributed by atoms with Crippen molar-refractivity contribution >= 4 is 12.2 Å². The first kappa shape index (κ1) is 12.7. The number of unbranched alkanes of at least 4 members (excludes halogenated alkanes) is 1. The Morgan fingerprint density at radius 3 is 2.86 bits per heavy atom. The number of hydrogen-bond acceptors (Lipinski definition) is 3. The molecule has 0 atom stereocenters. The van der Waals surface area contributed by atoms with E-state index >= 15 is 0 Å². The molecule has 0 rings (SSSR count). The van der Waals surface area contributed by atoms with Gasteiger partial charge in [0, 0.05) is 19.4 Å². The lowest BCUT2D eigenvalue weighted by molar-refractivity contribution is -0.121. The summed E-state index contributed by atoms with van der Waals surface area (Å²) in [5.74, 6) is -0.00884. The number of carbonyl (C=O) groups is 2. The summed E-state index contributed by atoms with van der Waals surface area (Å²) in [5, 5.41) is 2.73. The molecule has 0 aromatic rings. The standard InChI is InChI=1S/C10H17NO3/c1-2-14-9-5-7-11-10(13)6-3-4-8-12/h2,8H,1,3-7,9H2,(H,11,13). The van der Waals surface area contributed by atoms with Crippen LogP contribution in [0, 0.1) is 0 Å². The van der Waals surface area contributed by atoms with Crippen LogP contribution in [0.5, 0.6) is 0 Å². The monoisotopic (exact) mass is 199 g/mol. The predicted molar refractivity (Wildman–Crippen MR) is 53.7 cm³/mol. The van der Waals surface area contributed by atoms with Crippen molar-refractivity contribution in [2.24, 2.45) is 0 Å². The van der Waals surface area contributed by atoms with Gasteiger partial charge in [-0.3, -0.25) is 4.79 Å².